The first kappa shape index (κ1) is 24.4. The van der Waals surface area contributed by atoms with Gasteiger partial charge in [0.05, 0.1) is 0 Å². The van der Waals surface area contributed by atoms with Crippen LogP contribution in [0.4, 0.5) is 0 Å². The number of hydrogen-bond donors (Lipinski definition) is 0. The normalized spacial score (nSPS) is 10.7. The summed E-state index contributed by atoms with van der Waals surface area (Å²) in [5.74, 6) is 0.466. The molecule has 1 aromatic carbocycles. The minimum absolute atomic E-state index is 0. The molecule has 22 heavy (non-hydrogen) atoms. The van der Waals surface area contributed by atoms with Crippen LogP contribution in [-0.4, -0.2) is 5.97 Å². The Bertz CT molecular complexity index is 427. The van der Waals surface area contributed by atoms with Crippen LogP contribution in [0.5, 0.6) is 0 Å². The molecule has 0 aliphatic carbocycles. The zero-order chi connectivity index (χ0) is 16.4. The van der Waals surface area contributed by atoms with Crippen LogP contribution >= 0.6 is 0 Å². The van der Waals surface area contributed by atoms with Crippen molar-refractivity contribution in [2.75, 3.05) is 0 Å². The summed E-state index contributed by atoms with van der Waals surface area (Å²) in [5.41, 5.74) is 3.84. The van der Waals surface area contributed by atoms with Gasteiger partial charge in [0.2, 0.25) is 0 Å². The van der Waals surface area contributed by atoms with Gasteiger partial charge in [0.1, 0.15) is 6.10 Å². The second-order valence-electron chi connectivity index (χ2n) is 5.18. The molecule has 0 saturated heterocycles. The summed E-state index contributed by atoms with van der Waals surface area (Å²) in [6.07, 6.45) is 3.09. The summed E-state index contributed by atoms with van der Waals surface area (Å²) in [4.78, 5) is 11.6. The molecule has 120 valence electrons. The van der Waals surface area contributed by atoms with E-state index in [1.54, 1.807) is 13.8 Å². The summed E-state index contributed by atoms with van der Waals surface area (Å²) in [5, 5.41) is 0. The monoisotopic (exact) mass is 330 g/mol. The SMILES string of the molecule is CC.CCCc1ccc(C(C)OC(=O)[C-](C)C)cc1CC.[K+]. The van der Waals surface area contributed by atoms with Crippen LogP contribution in [0.1, 0.15) is 77.7 Å². The van der Waals surface area contributed by atoms with Crippen LogP contribution in [0, 0.1) is 5.92 Å². The molecule has 1 rings (SSSR count). The number of carbonyl (C=O) groups excluding carboxylic acids is 1. The van der Waals surface area contributed by atoms with Gasteiger partial charge in [0, 0.05) is 0 Å². The van der Waals surface area contributed by atoms with Crippen molar-refractivity contribution in [3.8, 4) is 0 Å². The molecule has 0 bridgehead atoms. The number of hydrogen-bond acceptors (Lipinski definition) is 2. The van der Waals surface area contributed by atoms with Gasteiger partial charge < -0.3 is 4.74 Å². The van der Waals surface area contributed by atoms with E-state index in [1.807, 2.05) is 20.8 Å². The van der Waals surface area contributed by atoms with Gasteiger partial charge in [-0.1, -0.05) is 52.3 Å². The van der Waals surface area contributed by atoms with Crippen molar-refractivity contribution in [2.24, 2.45) is 0 Å². The topological polar surface area (TPSA) is 26.3 Å². The Hall–Kier alpha value is 0.196. The van der Waals surface area contributed by atoms with Crippen LogP contribution < -0.4 is 51.4 Å². The smallest absolute Gasteiger partial charge is 0.480 e. The average molecular weight is 331 g/mol. The Morgan fingerprint density at radius 1 is 1.18 bits per heavy atom. The number of rotatable bonds is 6. The quantitative estimate of drug-likeness (QED) is 0.455. The zero-order valence-electron chi connectivity index (χ0n) is 15.7. The summed E-state index contributed by atoms with van der Waals surface area (Å²) in [6, 6.07) is 6.42. The van der Waals surface area contributed by atoms with E-state index >= 15 is 0 Å². The molecule has 0 heterocycles. The summed E-state index contributed by atoms with van der Waals surface area (Å²) in [6.45, 7) is 13.8. The minimum atomic E-state index is -0.219. The second kappa shape index (κ2) is 13.6. The summed E-state index contributed by atoms with van der Waals surface area (Å²) in [7, 11) is 0. The zero-order valence-corrected chi connectivity index (χ0v) is 18.9. The third kappa shape index (κ3) is 8.16. The van der Waals surface area contributed by atoms with E-state index in [2.05, 4.69) is 32.0 Å². The summed E-state index contributed by atoms with van der Waals surface area (Å²) < 4.78 is 5.42. The average Bonchev–Trinajstić information content (AvgIpc) is 2.49. The Labute approximate surface area is 179 Å². The van der Waals surface area contributed by atoms with Crippen LogP contribution in [-0.2, 0) is 22.4 Å². The fraction of sp³-hybridized carbons (Fsp3) is 0.579. The maximum absolute atomic E-state index is 11.6. The first-order valence-electron chi connectivity index (χ1n) is 8.12. The number of ether oxygens (including phenoxy) is 1. The predicted molar refractivity (Wildman–Crippen MR) is 90.3 cm³/mol. The number of aryl methyl sites for hydroxylation is 2. The Morgan fingerprint density at radius 3 is 2.23 bits per heavy atom. The van der Waals surface area contributed by atoms with Gasteiger partial charge in [-0.15, -0.1) is 0 Å². The van der Waals surface area contributed by atoms with Crippen molar-refractivity contribution in [1.29, 1.82) is 0 Å². The van der Waals surface area contributed by atoms with Gasteiger partial charge in [0.15, 0.2) is 5.97 Å². The molecular formula is C19H31KO2. The Kier molecular flexibility index (Phi) is 15.1. The number of esters is 1. The number of carbonyl (C=O) groups is 1. The van der Waals surface area contributed by atoms with Gasteiger partial charge in [-0.2, -0.15) is 13.8 Å². The van der Waals surface area contributed by atoms with Gasteiger partial charge in [-0.05, 0) is 36.5 Å². The Morgan fingerprint density at radius 2 is 1.77 bits per heavy atom. The molecule has 3 heteroatoms. The van der Waals surface area contributed by atoms with Gasteiger partial charge >= 0.3 is 51.4 Å². The van der Waals surface area contributed by atoms with Gasteiger partial charge in [-0.3, -0.25) is 10.7 Å². The molecule has 0 spiro atoms. The molecule has 2 nitrogen and oxygen atoms in total. The van der Waals surface area contributed by atoms with Gasteiger partial charge in [0.25, 0.3) is 0 Å². The van der Waals surface area contributed by atoms with Crippen molar-refractivity contribution >= 4 is 5.97 Å². The van der Waals surface area contributed by atoms with Crippen molar-refractivity contribution in [2.45, 2.75) is 73.8 Å². The molecule has 0 saturated carbocycles. The summed E-state index contributed by atoms with van der Waals surface area (Å²) >= 11 is 0. The number of benzene rings is 1. The van der Waals surface area contributed by atoms with E-state index in [-0.39, 0.29) is 63.5 Å². The molecule has 1 aromatic rings. The molecule has 1 atom stereocenters. The molecule has 0 fully saturated rings. The molecule has 1 unspecified atom stereocenters. The van der Waals surface area contributed by atoms with Crippen LogP contribution in [0.3, 0.4) is 0 Å². The second-order valence-corrected chi connectivity index (χ2v) is 5.18. The van der Waals surface area contributed by atoms with Crippen LogP contribution in [0.15, 0.2) is 18.2 Å². The molecule has 0 aliphatic heterocycles. The van der Waals surface area contributed by atoms with E-state index in [0.29, 0.717) is 5.92 Å². The first-order chi connectivity index (χ1) is 9.99. The minimum Gasteiger partial charge on any atom is -0.480 e. The fourth-order valence-electron chi connectivity index (χ4n) is 2.09. The van der Waals surface area contributed by atoms with E-state index in [9.17, 15) is 4.79 Å². The maximum atomic E-state index is 11.6. The van der Waals surface area contributed by atoms with Crippen molar-refractivity contribution in [3.05, 3.63) is 40.8 Å². The molecule has 0 aliphatic rings. The molecule has 0 aromatic heterocycles. The van der Waals surface area contributed by atoms with Crippen molar-refractivity contribution < 1.29 is 60.9 Å². The van der Waals surface area contributed by atoms with Crippen molar-refractivity contribution in [1.82, 2.24) is 0 Å². The third-order valence-corrected chi connectivity index (χ3v) is 3.29. The predicted octanol–water partition coefficient (Wildman–Crippen LogP) is 2.45. The molecule has 0 radical (unpaired) electrons. The largest absolute Gasteiger partial charge is 1.00 e. The van der Waals surface area contributed by atoms with Crippen LogP contribution in [0.2, 0.25) is 0 Å². The van der Waals surface area contributed by atoms with E-state index in [1.165, 1.54) is 11.1 Å². The molecular weight excluding hydrogens is 299 g/mol. The Balaban J connectivity index is 0. The fourth-order valence-corrected chi connectivity index (χ4v) is 2.09. The van der Waals surface area contributed by atoms with Crippen molar-refractivity contribution in [3.63, 3.8) is 0 Å². The first-order valence-corrected chi connectivity index (χ1v) is 8.12. The van der Waals surface area contributed by atoms with E-state index < -0.39 is 0 Å². The molecule has 0 N–H and O–H groups in total. The van der Waals surface area contributed by atoms with Gasteiger partial charge in [-0.25, -0.2) is 0 Å². The maximum Gasteiger partial charge on any atom is 1.00 e. The standard InChI is InChI=1S/C17H25O2.C2H6.K/c1-6-8-15-9-10-16(11-14(15)7-2)13(5)19-17(18)12(3)4;1-2;/h9-11,13H,6-8H2,1-5H3;1-2H3;/q-1;;+1. The molecule has 0 amide bonds. The van der Waals surface area contributed by atoms with Crippen LogP contribution in [0.25, 0.3) is 0 Å². The van der Waals surface area contributed by atoms with E-state index in [4.69, 9.17) is 4.74 Å². The van der Waals surface area contributed by atoms with E-state index in [0.717, 1.165) is 24.8 Å². The third-order valence-electron chi connectivity index (χ3n) is 3.29.